The van der Waals surface area contributed by atoms with Crippen LogP contribution in [0.3, 0.4) is 0 Å². The van der Waals surface area contributed by atoms with Crippen molar-refractivity contribution in [2.24, 2.45) is 0 Å². The van der Waals surface area contributed by atoms with Gasteiger partial charge in [-0.3, -0.25) is 0 Å². The van der Waals surface area contributed by atoms with Crippen LogP contribution in [0.25, 0.3) is 5.57 Å². The van der Waals surface area contributed by atoms with E-state index in [4.69, 9.17) is 0 Å². The number of rotatable bonds is 5. The monoisotopic (exact) mass is 238 g/mol. The summed E-state index contributed by atoms with van der Waals surface area (Å²) in [6, 6.07) is 8.45. The second kappa shape index (κ2) is 6.80. The van der Waals surface area contributed by atoms with E-state index in [2.05, 4.69) is 64.3 Å². The number of benzene rings is 1. The molecule has 0 fully saturated rings. The first-order valence-electron chi connectivity index (χ1n) is 6.38. The fourth-order valence-electron chi connectivity index (χ4n) is 2.04. The fraction of sp³-hybridized carbons (Fsp3) is 0.222. The van der Waals surface area contributed by atoms with Gasteiger partial charge in [-0.1, -0.05) is 62.6 Å². The van der Waals surface area contributed by atoms with Crippen molar-refractivity contribution >= 4 is 5.57 Å². The Morgan fingerprint density at radius 1 is 1.17 bits per heavy atom. The number of aryl methyl sites for hydroxylation is 1. The van der Waals surface area contributed by atoms with Crippen molar-refractivity contribution in [2.45, 2.75) is 27.2 Å². The standard InChI is InChI=1S/C18H22/c1-6-11-18(16(8-3)14(4)7-2)17-13-10-9-12-15(17)5/h7-13H,2-3,6H2,1,4-5H3/b16-14+,18-11+. The lowest BCUT2D eigenvalue weighted by Gasteiger charge is -2.14. The Balaban J connectivity index is 3.46. The Morgan fingerprint density at radius 3 is 2.33 bits per heavy atom. The molecule has 0 heterocycles. The molecule has 0 unspecified atom stereocenters. The summed E-state index contributed by atoms with van der Waals surface area (Å²) in [5, 5.41) is 0. The molecule has 0 aliphatic carbocycles. The maximum atomic E-state index is 3.94. The third kappa shape index (κ3) is 3.10. The minimum absolute atomic E-state index is 1.01. The molecule has 0 spiro atoms. The summed E-state index contributed by atoms with van der Waals surface area (Å²) in [5.74, 6) is 0. The van der Waals surface area contributed by atoms with Gasteiger partial charge in [0.1, 0.15) is 0 Å². The summed E-state index contributed by atoms with van der Waals surface area (Å²) in [6.07, 6.45) is 7.07. The van der Waals surface area contributed by atoms with Crippen LogP contribution < -0.4 is 0 Å². The summed E-state index contributed by atoms with van der Waals surface area (Å²) in [5.41, 5.74) is 6.14. The summed E-state index contributed by atoms with van der Waals surface area (Å²) in [6.45, 7) is 14.2. The molecule has 0 aliphatic heterocycles. The highest BCUT2D eigenvalue weighted by molar-refractivity contribution is 5.84. The summed E-state index contributed by atoms with van der Waals surface area (Å²) >= 11 is 0. The number of allylic oxidation sites excluding steroid dienone is 6. The lowest BCUT2D eigenvalue weighted by atomic mass is 9.91. The Labute approximate surface area is 111 Å². The first kappa shape index (κ1) is 14.2. The topological polar surface area (TPSA) is 0 Å². The molecule has 0 aliphatic rings. The summed E-state index contributed by atoms with van der Waals surface area (Å²) < 4.78 is 0. The van der Waals surface area contributed by atoms with Gasteiger partial charge in [-0.15, -0.1) is 0 Å². The van der Waals surface area contributed by atoms with E-state index < -0.39 is 0 Å². The Kier molecular flexibility index (Phi) is 5.38. The minimum atomic E-state index is 1.01. The molecule has 0 saturated heterocycles. The van der Waals surface area contributed by atoms with Crippen molar-refractivity contribution in [3.63, 3.8) is 0 Å². The third-order valence-electron chi connectivity index (χ3n) is 3.07. The summed E-state index contributed by atoms with van der Waals surface area (Å²) in [7, 11) is 0. The normalized spacial score (nSPS) is 12.9. The highest BCUT2D eigenvalue weighted by Crippen LogP contribution is 2.29. The Hall–Kier alpha value is -1.82. The van der Waals surface area contributed by atoms with Gasteiger partial charge in [0.05, 0.1) is 0 Å². The van der Waals surface area contributed by atoms with Gasteiger partial charge in [-0.2, -0.15) is 0 Å². The Bertz CT molecular complexity index is 499. The van der Waals surface area contributed by atoms with Crippen molar-refractivity contribution in [3.05, 3.63) is 77.9 Å². The van der Waals surface area contributed by atoms with Crippen molar-refractivity contribution in [1.82, 2.24) is 0 Å². The highest BCUT2D eigenvalue weighted by Gasteiger charge is 2.08. The predicted molar refractivity (Wildman–Crippen MR) is 82.5 cm³/mol. The molecule has 1 rings (SSSR count). The van der Waals surface area contributed by atoms with Crippen molar-refractivity contribution in [1.29, 1.82) is 0 Å². The molecule has 0 saturated carbocycles. The van der Waals surface area contributed by atoms with E-state index in [1.165, 1.54) is 22.3 Å². The average molecular weight is 238 g/mol. The van der Waals surface area contributed by atoms with Gasteiger partial charge in [0.2, 0.25) is 0 Å². The van der Waals surface area contributed by atoms with Gasteiger partial charge in [0, 0.05) is 0 Å². The van der Waals surface area contributed by atoms with Gasteiger partial charge in [0.15, 0.2) is 0 Å². The third-order valence-corrected chi connectivity index (χ3v) is 3.07. The largest absolute Gasteiger partial charge is 0.0988 e. The van der Waals surface area contributed by atoms with Crippen LogP contribution in [0.15, 0.2) is 66.8 Å². The molecule has 0 bridgehead atoms. The van der Waals surface area contributed by atoms with E-state index in [0.717, 1.165) is 12.0 Å². The maximum Gasteiger partial charge on any atom is -0.0146 e. The number of hydrogen-bond acceptors (Lipinski definition) is 0. The molecule has 0 N–H and O–H groups in total. The van der Waals surface area contributed by atoms with Crippen molar-refractivity contribution in [3.8, 4) is 0 Å². The SMILES string of the molecule is C=C/C(C)=C(C=C)/C(=C\CC)c1ccccc1C. The van der Waals surface area contributed by atoms with Crippen LogP contribution >= 0.6 is 0 Å². The van der Waals surface area contributed by atoms with E-state index in [1.54, 1.807) is 0 Å². The van der Waals surface area contributed by atoms with E-state index in [0.29, 0.717) is 0 Å². The highest BCUT2D eigenvalue weighted by atomic mass is 14.1. The van der Waals surface area contributed by atoms with E-state index in [9.17, 15) is 0 Å². The number of hydrogen-bond donors (Lipinski definition) is 0. The zero-order chi connectivity index (χ0) is 13.5. The van der Waals surface area contributed by atoms with Gasteiger partial charge in [-0.05, 0) is 48.1 Å². The Morgan fingerprint density at radius 2 is 1.83 bits per heavy atom. The molecule has 0 heteroatoms. The van der Waals surface area contributed by atoms with Crippen LogP contribution in [0.2, 0.25) is 0 Å². The van der Waals surface area contributed by atoms with E-state index in [-0.39, 0.29) is 0 Å². The van der Waals surface area contributed by atoms with Gasteiger partial charge in [0.25, 0.3) is 0 Å². The quantitative estimate of drug-likeness (QED) is 0.596. The zero-order valence-electron chi connectivity index (χ0n) is 11.7. The molecule has 18 heavy (non-hydrogen) atoms. The molecule has 0 atom stereocenters. The maximum absolute atomic E-state index is 3.94. The van der Waals surface area contributed by atoms with E-state index >= 15 is 0 Å². The fourth-order valence-corrected chi connectivity index (χ4v) is 2.04. The molecule has 0 amide bonds. The van der Waals surface area contributed by atoms with Crippen LogP contribution in [0.5, 0.6) is 0 Å². The molecular formula is C18H22. The van der Waals surface area contributed by atoms with Crippen LogP contribution in [0.4, 0.5) is 0 Å². The smallest absolute Gasteiger partial charge is 0.0146 e. The van der Waals surface area contributed by atoms with Gasteiger partial charge >= 0.3 is 0 Å². The second-order valence-electron chi connectivity index (χ2n) is 4.35. The first-order chi connectivity index (χ1) is 8.65. The van der Waals surface area contributed by atoms with Crippen molar-refractivity contribution in [2.75, 3.05) is 0 Å². The second-order valence-corrected chi connectivity index (χ2v) is 4.35. The minimum Gasteiger partial charge on any atom is -0.0988 e. The predicted octanol–water partition coefficient (Wildman–Crippen LogP) is 5.48. The van der Waals surface area contributed by atoms with Crippen LogP contribution in [-0.4, -0.2) is 0 Å². The molecule has 1 aromatic carbocycles. The molecular weight excluding hydrogens is 216 g/mol. The van der Waals surface area contributed by atoms with Crippen molar-refractivity contribution < 1.29 is 0 Å². The van der Waals surface area contributed by atoms with Crippen LogP contribution in [-0.2, 0) is 0 Å². The molecule has 0 radical (unpaired) electrons. The summed E-state index contributed by atoms with van der Waals surface area (Å²) in [4.78, 5) is 0. The van der Waals surface area contributed by atoms with Crippen LogP contribution in [0, 0.1) is 6.92 Å². The molecule has 0 aromatic heterocycles. The lowest BCUT2D eigenvalue weighted by molar-refractivity contribution is 1.22. The van der Waals surface area contributed by atoms with E-state index in [1.807, 2.05) is 12.2 Å². The lowest BCUT2D eigenvalue weighted by Crippen LogP contribution is -1.93. The average Bonchev–Trinajstić information content (AvgIpc) is 2.39. The molecule has 1 aromatic rings. The van der Waals surface area contributed by atoms with Gasteiger partial charge < -0.3 is 0 Å². The van der Waals surface area contributed by atoms with Crippen LogP contribution in [0.1, 0.15) is 31.4 Å². The molecule has 0 nitrogen and oxygen atoms in total. The first-order valence-corrected chi connectivity index (χ1v) is 6.38. The zero-order valence-corrected chi connectivity index (χ0v) is 11.7. The molecule has 94 valence electrons. The van der Waals surface area contributed by atoms with Gasteiger partial charge in [-0.25, -0.2) is 0 Å².